The van der Waals surface area contributed by atoms with Crippen LogP contribution in [0.4, 0.5) is 11.4 Å². The fourth-order valence-corrected chi connectivity index (χ4v) is 7.23. The van der Waals surface area contributed by atoms with Crippen molar-refractivity contribution in [3.63, 3.8) is 0 Å². The predicted molar refractivity (Wildman–Crippen MR) is 163 cm³/mol. The number of ketones is 2. The van der Waals surface area contributed by atoms with Gasteiger partial charge in [0.1, 0.15) is 11.5 Å². The van der Waals surface area contributed by atoms with Gasteiger partial charge >= 0.3 is 0 Å². The van der Waals surface area contributed by atoms with Crippen molar-refractivity contribution in [1.29, 1.82) is 0 Å². The van der Waals surface area contributed by atoms with Gasteiger partial charge in [-0.3, -0.25) is 14.4 Å². The summed E-state index contributed by atoms with van der Waals surface area (Å²) in [5, 5.41) is 3.06. The number of anilines is 2. The van der Waals surface area contributed by atoms with Crippen molar-refractivity contribution in [3.8, 4) is 0 Å². The number of Topliss-reactive ketones (excluding diaryl/α,β-unsaturated/α-hetero) is 2. The highest BCUT2D eigenvalue weighted by Gasteiger charge is 2.70. The minimum Gasteiger partial charge on any atom is -0.352 e. The van der Waals surface area contributed by atoms with E-state index >= 15 is 0 Å². The van der Waals surface area contributed by atoms with Gasteiger partial charge in [0.2, 0.25) is 5.91 Å². The average Bonchev–Trinajstić information content (AvgIpc) is 3.45. The van der Waals surface area contributed by atoms with Crippen LogP contribution >= 0.6 is 31.9 Å². The molecule has 0 unspecified atom stereocenters. The summed E-state index contributed by atoms with van der Waals surface area (Å²) in [6, 6.07) is 28.2. The summed E-state index contributed by atoms with van der Waals surface area (Å²) in [6.45, 7) is 0. The van der Waals surface area contributed by atoms with Gasteiger partial charge < -0.3 is 10.2 Å². The second-order valence-corrected chi connectivity index (χ2v) is 12.1. The Kier molecular flexibility index (Phi) is 5.91. The normalized spacial score (nSPS) is 23.9. The van der Waals surface area contributed by atoms with Crippen LogP contribution in [0.25, 0.3) is 6.08 Å². The molecule has 3 aliphatic heterocycles. The minimum absolute atomic E-state index is 0.202. The van der Waals surface area contributed by atoms with E-state index in [0.29, 0.717) is 16.8 Å². The molecule has 0 aromatic heterocycles. The Bertz CT molecular complexity index is 1730. The molecule has 3 aliphatic rings. The minimum atomic E-state index is -1.32. The maximum Gasteiger partial charge on any atom is 0.238 e. The lowest BCUT2D eigenvalue weighted by Gasteiger charge is -2.37. The summed E-state index contributed by atoms with van der Waals surface area (Å²) in [5.74, 6) is -1.70. The summed E-state index contributed by atoms with van der Waals surface area (Å²) in [4.78, 5) is 45.7. The number of hydrogen-bond donors (Lipinski definition) is 1. The standard InChI is InChI=1S/C33H22Br2N2O3/c34-22-14-9-20(10-15-22)30(38)28-29(31(39)21-11-16-23(35)17-12-21)37-26-8-4-1-5-19(26)13-18-27(37)33(28)24-6-2-3-7-25(24)36-32(33)40/h1-18,27-29H,(H,36,40)/t27-,28+,29-,33-/m0/s1. The van der Waals surface area contributed by atoms with E-state index in [4.69, 9.17) is 0 Å². The van der Waals surface area contributed by atoms with Crippen molar-refractivity contribution >= 4 is 66.8 Å². The van der Waals surface area contributed by atoms with E-state index in [1.807, 2.05) is 89.8 Å². The molecule has 40 heavy (non-hydrogen) atoms. The number of carbonyl (C=O) groups is 3. The molecule has 4 aromatic rings. The van der Waals surface area contributed by atoms with Gasteiger partial charge in [-0.15, -0.1) is 0 Å². The molecule has 1 fully saturated rings. The SMILES string of the molecule is O=C(c1ccc(Br)cc1)[C@@H]1[C@H](C(=O)c2ccc(Br)cc2)[C@@]2(C(=O)Nc3ccccc32)[C@@H]2C=Cc3ccccc3N12. The highest BCUT2D eigenvalue weighted by atomic mass is 79.9. The molecule has 7 heteroatoms. The lowest BCUT2D eigenvalue weighted by atomic mass is 9.64. The lowest BCUT2D eigenvalue weighted by Crippen LogP contribution is -2.51. The van der Waals surface area contributed by atoms with Crippen LogP contribution in [0.15, 0.2) is 112 Å². The van der Waals surface area contributed by atoms with Gasteiger partial charge in [-0.1, -0.05) is 105 Å². The molecule has 0 saturated carbocycles. The molecule has 3 heterocycles. The van der Waals surface area contributed by atoms with Crippen LogP contribution in [0.3, 0.4) is 0 Å². The quantitative estimate of drug-likeness (QED) is 0.239. The summed E-state index contributed by atoms with van der Waals surface area (Å²) in [7, 11) is 0. The molecule has 4 atom stereocenters. The second kappa shape index (κ2) is 9.39. The number of halogens is 2. The predicted octanol–water partition coefficient (Wildman–Crippen LogP) is 7.07. The first-order valence-electron chi connectivity index (χ1n) is 13.0. The second-order valence-electron chi connectivity index (χ2n) is 10.3. The van der Waals surface area contributed by atoms with E-state index in [1.54, 1.807) is 24.3 Å². The van der Waals surface area contributed by atoms with Crippen molar-refractivity contribution in [1.82, 2.24) is 0 Å². The van der Waals surface area contributed by atoms with Gasteiger partial charge in [-0.2, -0.15) is 0 Å². The molecule has 0 radical (unpaired) electrons. The number of para-hydroxylation sites is 2. The molecular weight excluding hydrogens is 632 g/mol. The Morgan fingerprint density at radius 2 is 1.35 bits per heavy atom. The number of nitrogens with one attached hydrogen (secondary N) is 1. The van der Waals surface area contributed by atoms with Crippen molar-refractivity contribution in [2.24, 2.45) is 5.92 Å². The van der Waals surface area contributed by atoms with Crippen LogP contribution in [0, 0.1) is 5.92 Å². The largest absolute Gasteiger partial charge is 0.352 e. The fourth-order valence-electron chi connectivity index (χ4n) is 6.70. The third-order valence-corrected chi connectivity index (χ3v) is 9.41. The Balaban J connectivity index is 1.53. The Labute approximate surface area is 248 Å². The zero-order valence-electron chi connectivity index (χ0n) is 21.1. The summed E-state index contributed by atoms with van der Waals surface area (Å²) in [5.41, 5.74) is 2.79. The molecule has 5 nitrogen and oxygen atoms in total. The van der Waals surface area contributed by atoms with Crippen LogP contribution in [-0.4, -0.2) is 29.6 Å². The molecule has 1 spiro atoms. The molecule has 1 amide bonds. The first kappa shape index (κ1) is 25.2. The molecule has 7 rings (SSSR count). The van der Waals surface area contributed by atoms with Gasteiger partial charge in [0.05, 0.1) is 12.0 Å². The van der Waals surface area contributed by atoms with E-state index in [9.17, 15) is 14.4 Å². The number of amides is 1. The van der Waals surface area contributed by atoms with Crippen molar-refractivity contribution in [2.75, 3.05) is 10.2 Å². The maximum atomic E-state index is 14.7. The first-order valence-corrected chi connectivity index (χ1v) is 14.6. The zero-order chi connectivity index (χ0) is 27.6. The number of rotatable bonds is 4. The lowest BCUT2D eigenvalue weighted by molar-refractivity contribution is -0.121. The highest BCUT2D eigenvalue weighted by molar-refractivity contribution is 9.10. The van der Waals surface area contributed by atoms with Crippen LogP contribution in [0.1, 0.15) is 31.8 Å². The van der Waals surface area contributed by atoms with E-state index in [-0.39, 0.29) is 17.5 Å². The molecular formula is C33H22Br2N2O3. The van der Waals surface area contributed by atoms with E-state index in [2.05, 4.69) is 37.2 Å². The third-order valence-electron chi connectivity index (χ3n) is 8.35. The highest BCUT2D eigenvalue weighted by Crippen LogP contribution is 2.58. The van der Waals surface area contributed by atoms with Crippen LogP contribution in [0.2, 0.25) is 0 Å². The topological polar surface area (TPSA) is 66.5 Å². The van der Waals surface area contributed by atoms with Gasteiger partial charge in [0.25, 0.3) is 0 Å². The van der Waals surface area contributed by atoms with Crippen LogP contribution in [-0.2, 0) is 10.2 Å². The maximum absolute atomic E-state index is 14.7. The van der Waals surface area contributed by atoms with Crippen LogP contribution < -0.4 is 10.2 Å². The zero-order valence-corrected chi connectivity index (χ0v) is 24.2. The fraction of sp³-hybridized carbons (Fsp3) is 0.121. The average molecular weight is 654 g/mol. The number of benzene rings is 4. The molecule has 196 valence electrons. The summed E-state index contributed by atoms with van der Waals surface area (Å²) < 4.78 is 1.69. The molecule has 1 saturated heterocycles. The summed E-state index contributed by atoms with van der Waals surface area (Å²) >= 11 is 6.92. The van der Waals surface area contributed by atoms with E-state index < -0.39 is 23.4 Å². The van der Waals surface area contributed by atoms with Gasteiger partial charge in [0, 0.05) is 31.4 Å². The van der Waals surface area contributed by atoms with Crippen molar-refractivity contribution in [2.45, 2.75) is 17.5 Å². The molecule has 0 aliphatic carbocycles. The Hall–Kier alpha value is -3.81. The Morgan fingerprint density at radius 3 is 2.05 bits per heavy atom. The van der Waals surface area contributed by atoms with E-state index in [1.165, 1.54) is 0 Å². The molecule has 1 N–H and O–H groups in total. The number of hydrogen-bond acceptors (Lipinski definition) is 4. The number of carbonyl (C=O) groups excluding carboxylic acids is 3. The van der Waals surface area contributed by atoms with Gasteiger partial charge in [-0.25, -0.2) is 0 Å². The van der Waals surface area contributed by atoms with Crippen molar-refractivity contribution in [3.05, 3.63) is 134 Å². The smallest absolute Gasteiger partial charge is 0.238 e. The van der Waals surface area contributed by atoms with Gasteiger partial charge in [-0.05, 0) is 47.5 Å². The summed E-state index contributed by atoms with van der Waals surface area (Å²) in [6.07, 6.45) is 3.99. The number of fused-ring (bicyclic) bond motifs is 6. The molecule has 4 aromatic carbocycles. The van der Waals surface area contributed by atoms with Crippen molar-refractivity contribution < 1.29 is 14.4 Å². The van der Waals surface area contributed by atoms with Crippen LogP contribution in [0.5, 0.6) is 0 Å². The third kappa shape index (κ3) is 3.54. The van der Waals surface area contributed by atoms with E-state index in [0.717, 1.165) is 25.8 Å². The monoisotopic (exact) mass is 652 g/mol. The van der Waals surface area contributed by atoms with Gasteiger partial charge in [0.15, 0.2) is 11.6 Å². The Morgan fingerprint density at radius 1 is 0.750 bits per heavy atom. The first-order chi connectivity index (χ1) is 19.4. The molecule has 0 bridgehead atoms. The number of nitrogens with zero attached hydrogens (tertiary/aromatic N) is 1.